The first-order valence-corrected chi connectivity index (χ1v) is 5.36. The summed E-state index contributed by atoms with van der Waals surface area (Å²) in [5.41, 5.74) is 3.87. The monoisotopic (exact) mass is 243 g/mol. The van der Waals surface area contributed by atoms with Crippen molar-refractivity contribution < 1.29 is 4.79 Å². The lowest BCUT2D eigenvalue weighted by Crippen LogP contribution is -2.14. The van der Waals surface area contributed by atoms with Gasteiger partial charge in [-0.15, -0.1) is 0 Å². The van der Waals surface area contributed by atoms with Crippen molar-refractivity contribution in [2.24, 2.45) is 5.84 Å². The second kappa shape index (κ2) is 5.24. The number of pyridine rings is 2. The molecule has 4 N–H and O–H groups in total. The predicted octanol–water partition coefficient (Wildman–Crippen LogP) is 1.32. The minimum Gasteiger partial charge on any atom is -0.308 e. The highest BCUT2D eigenvalue weighted by atomic mass is 16.1. The van der Waals surface area contributed by atoms with Crippen molar-refractivity contribution in [2.45, 2.75) is 6.92 Å². The summed E-state index contributed by atoms with van der Waals surface area (Å²) in [7, 11) is 0. The molecule has 92 valence electrons. The molecule has 0 aliphatic heterocycles. The zero-order valence-electron chi connectivity index (χ0n) is 9.84. The molecule has 2 aromatic rings. The molecule has 0 unspecified atom stereocenters. The van der Waals surface area contributed by atoms with Gasteiger partial charge in [-0.2, -0.15) is 0 Å². The van der Waals surface area contributed by atoms with Crippen molar-refractivity contribution in [3.05, 3.63) is 47.8 Å². The van der Waals surface area contributed by atoms with Gasteiger partial charge >= 0.3 is 0 Å². The number of hydrazine groups is 1. The topological polar surface area (TPSA) is 92.9 Å². The number of nitrogens with zero attached hydrogens (tertiary/aromatic N) is 2. The number of amides is 1. The molecule has 18 heavy (non-hydrogen) atoms. The highest BCUT2D eigenvalue weighted by Gasteiger charge is 2.07. The molecule has 2 heterocycles. The van der Waals surface area contributed by atoms with E-state index in [0.717, 1.165) is 5.56 Å². The maximum atomic E-state index is 11.9. The van der Waals surface area contributed by atoms with E-state index in [0.29, 0.717) is 17.2 Å². The molecule has 0 bridgehead atoms. The molecule has 0 spiro atoms. The fourth-order valence-corrected chi connectivity index (χ4v) is 1.41. The van der Waals surface area contributed by atoms with E-state index in [4.69, 9.17) is 5.84 Å². The van der Waals surface area contributed by atoms with Gasteiger partial charge in [0.2, 0.25) is 0 Å². The standard InChI is InChI=1S/C12H13N5O/c1-8-4-5-14-11(6-8)16-12(18)9-2-3-10(17-13)15-7-9/h2-7H,13H2,1H3,(H,15,17)(H,14,16,18). The van der Waals surface area contributed by atoms with Crippen molar-refractivity contribution in [3.63, 3.8) is 0 Å². The summed E-state index contributed by atoms with van der Waals surface area (Å²) in [5.74, 6) is 5.95. The zero-order chi connectivity index (χ0) is 13.0. The van der Waals surface area contributed by atoms with Crippen LogP contribution in [0.5, 0.6) is 0 Å². The number of nitrogens with two attached hydrogens (primary N) is 1. The quantitative estimate of drug-likeness (QED) is 0.558. The van der Waals surface area contributed by atoms with E-state index in [-0.39, 0.29) is 5.91 Å². The van der Waals surface area contributed by atoms with Crippen LogP contribution in [0.4, 0.5) is 11.6 Å². The molecule has 2 rings (SSSR count). The highest BCUT2D eigenvalue weighted by molar-refractivity contribution is 6.03. The Bertz CT molecular complexity index is 553. The van der Waals surface area contributed by atoms with Crippen LogP contribution in [-0.4, -0.2) is 15.9 Å². The maximum absolute atomic E-state index is 11.9. The smallest absolute Gasteiger partial charge is 0.258 e. The van der Waals surface area contributed by atoms with Gasteiger partial charge in [-0.1, -0.05) is 0 Å². The maximum Gasteiger partial charge on any atom is 0.258 e. The number of rotatable bonds is 3. The molecule has 0 fully saturated rings. The van der Waals surface area contributed by atoms with Crippen molar-refractivity contribution in [1.82, 2.24) is 9.97 Å². The summed E-state index contributed by atoms with van der Waals surface area (Å²) in [6.07, 6.45) is 3.09. The van der Waals surface area contributed by atoms with Gasteiger partial charge < -0.3 is 10.7 Å². The molecule has 0 saturated carbocycles. The molecule has 0 atom stereocenters. The number of carbonyl (C=O) groups excluding carboxylic acids is 1. The third-order valence-electron chi connectivity index (χ3n) is 2.33. The van der Waals surface area contributed by atoms with E-state index in [9.17, 15) is 4.79 Å². The normalized spacial score (nSPS) is 9.89. The van der Waals surface area contributed by atoms with Gasteiger partial charge in [0, 0.05) is 12.4 Å². The fourth-order valence-electron chi connectivity index (χ4n) is 1.41. The van der Waals surface area contributed by atoms with E-state index < -0.39 is 0 Å². The van der Waals surface area contributed by atoms with Gasteiger partial charge in [0.25, 0.3) is 5.91 Å². The second-order valence-electron chi connectivity index (χ2n) is 3.75. The Labute approximate surface area is 104 Å². The molecule has 0 saturated heterocycles. The van der Waals surface area contributed by atoms with Crippen molar-refractivity contribution in [1.29, 1.82) is 0 Å². The minimum absolute atomic E-state index is 0.260. The van der Waals surface area contributed by atoms with Crippen LogP contribution in [0.1, 0.15) is 15.9 Å². The fraction of sp³-hybridized carbons (Fsp3) is 0.0833. The van der Waals surface area contributed by atoms with Crippen molar-refractivity contribution in [3.8, 4) is 0 Å². The number of nitrogen functional groups attached to an aromatic ring is 1. The van der Waals surface area contributed by atoms with Crippen molar-refractivity contribution >= 4 is 17.5 Å². The van der Waals surface area contributed by atoms with Gasteiger partial charge in [-0.25, -0.2) is 15.8 Å². The number of anilines is 2. The molecule has 0 aromatic carbocycles. The van der Waals surface area contributed by atoms with E-state index in [1.165, 1.54) is 6.20 Å². The first-order valence-electron chi connectivity index (χ1n) is 5.36. The van der Waals surface area contributed by atoms with Crippen molar-refractivity contribution in [2.75, 3.05) is 10.7 Å². The molecule has 6 heteroatoms. The largest absolute Gasteiger partial charge is 0.308 e. The molecular weight excluding hydrogens is 230 g/mol. The van der Waals surface area contributed by atoms with E-state index in [1.807, 2.05) is 13.0 Å². The Morgan fingerprint density at radius 2 is 2.06 bits per heavy atom. The van der Waals surface area contributed by atoms with Gasteiger partial charge in [0.15, 0.2) is 0 Å². The Morgan fingerprint density at radius 1 is 1.22 bits per heavy atom. The average molecular weight is 243 g/mol. The van der Waals surface area contributed by atoms with Crippen LogP contribution in [-0.2, 0) is 0 Å². The van der Waals surface area contributed by atoms with Gasteiger partial charge in [0.05, 0.1) is 5.56 Å². The molecule has 0 radical (unpaired) electrons. The van der Waals surface area contributed by atoms with Crippen LogP contribution >= 0.6 is 0 Å². The number of carbonyl (C=O) groups is 1. The van der Waals surface area contributed by atoms with Gasteiger partial charge in [-0.05, 0) is 36.8 Å². The number of hydrogen-bond donors (Lipinski definition) is 3. The van der Waals surface area contributed by atoms with E-state index >= 15 is 0 Å². The second-order valence-corrected chi connectivity index (χ2v) is 3.75. The third-order valence-corrected chi connectivity index (χ3v) is 2.33. The Morgan fingerprint density at radius 3 is 2.67 bits per heavy atom. The summed E-state index contributed by atoms with van der Waals surface area (Å²) < 4.78 is 0. The SMILES string of the molecule is Cc1ccnc(NC(=O)c2ccc(NN)nc2)c1. The summed E-state index contributed by atoms with van der Waals surface area (Å²) in [5, 5.41) is 2.69. The molecule has 0 aliphatic carbocycles. The summed E-state index contributed by atoms with van der Waals surface area (Å²) in [4.78, 5) is 19.9. The average Bonchev–Trinajstić information content (AvgIpc) is 2.39. The lowest BCUT2D eigenvalue weighted by atomic mass is 10.2. The Hall–Kier alpha value is -2.47. The van der Waals surface area contributed by atoms with Crippen LogP contribution in [0.3, 0.4) is 0 Å². The molecule has 0 aliphatic rings. The third kappa shape index (κ3) is 2.80. The first-order chi connectivity index (χ1) is 8.69. The number of nitrogens with one attached hydrogen (secondary N) is 2. The molecule has 1 amide bonds. The Balaban J connectivity index is 2.11. The van der Waals surface area contributed by atoms with Crippen LogP contribution < -0.4 is 16.6 Å². The van der Waals surface area contributed by atoms with Crippen LogP contribution in [0.2, 0.25) is 0 Å². The zero-order valence-corrected chi connectivity index (χ0v) is 9.84. The molecule has 2 aromatic heterocycles. The lowest BCUT2D eigenvalue weighted by Gasteiger charge is -2.05. The number of aromatic nitrogens is 2. The Kier molecular flexibility index (Phi) is 3.49. The number of hydrogen-bond acceptors (Lipinski definition) is 5. The molecular formula is C12H13N5O. The van der Waals surface area contributed by atoms with Gasteiger partial charge in [0.1, 0.15) is 11.6 Å². The number of aryl methyl sites for hydroxylation is 1. The van der Waals surface area contributed by atoms with E-state index in [2.05, 4.69) is 20.7 Å². The summed E-state index contributed by atoms with van der Waals surface area (Å²) in [6, 6.07) is 6.91. The minimum atomic E-state index is -0.260. The molecule has 6 nitrogen and oxygen atoms in total. The van der Waals surface area contributed by atoms with Crippen LogP contribution in [0.25, 0.3) is 0 Å². The van der Waals surface area contributed by atoms with Crippen LogP contribution in [0, 0.1) is 6.92 Å². The first kappa shape index (κ1) is 12.0. The van der Waals surface area contributed by atoms with Gasteiger partial charge in [-0.3, -0.25) is 4.79 Å². The summed E-state index contributed by atoms with van der Waals surface area (Å²) >= 11 is 0. The predicted molar refractivity (Wildman–Crippen MR) is 69.0 cm³/mol. The van der Waals surface area contributed by atoms with Crippen LogP contribution in [0.15, 0.2) is 36.7 Å². The van der Waals surface area contributed by atoms with E-state index in [1.54, 1.807) is 24.4 Å². The highest BCUT2D eigenvalue weighted by Crippen LogP contribution is 2.09. The summed E-state index contributed by atoms with van der Waals surface area (Å²) in [6.45, 7) is 1.93. The lowest BCUT2D eigenvalue weighted by molar-refractivity contribution is 0.102.